The molecule has 0 spiro atoms. The fraction of sp³-hybridized carbons (Fsp3) is 0.0526. The Morgan fingerprint density at radius 1 is 1.14 bits per heavy atom. The third kappa shape index (κ3) is 4.36. The van der Waals surface area contributed by atoms with Gasteiger partial charge >= 0.3 is 0 Å². The predicted octanol–water partition coefficient (Wildman–Crippen LogP) is 3.29. The largest absolute Gasteiger partial charge is 0.406 e. The van der Waals surface area contributed by atoms with Crippen LogP contribution in [0.15, 0.2) is 71.7 Å². The average Bonchev–Trinajstić information content (AvgIpc) is 2.69. The first-order chi connectivity index (χ1) is 13.5. The minimum atomic E-state index is -0.669. The van der Waals surface area contributed by atoms with Gasteiger partial charge in [-0.3, -0.25) is 19.7 Å². The van der Waals surface area contributed by atoms with Gasteiger partial charge in [-0.15, -0.1) is 0 Å². The molecule has 3 aromatic rings. The summed E-state index contributed by atoms with van der Waals surface area (Å²) in [7, 11) is 0. The summed E-state index contributed by atoms with van der Waals surface area (Å²) >= 11 is 6.01. The summed E-state index contributed by atoms with van der Waals surface area (Å²) in [6, 6.07) is 15.3. The van der Waals surface area contributed by atoms with Gasteiger partial charge in [-0.25, -0.2) is 0 Å². The summed E-state index contributed by atoms with van der Waals surface area (Å²) in [6.45, 7) is -0.0861. The molecule has 0 bridgehead atoms. The van der Waals surface area contributed by atoms with E-state index in [1.807, 2.05) is 0 Å². The number of para-hydroxylation sites is 1. The highest BCUT2D eigenvalue weighted by atomic mass is 35.5. The molecule has 0 saturated carbocycles. The first kappa shape index (κ1) is 19.1. The molecule has 2 aromatic carbocycles. The Kier molecular flexibility index (Phi) is 5.71. The van der Waals surface area contributed by atoms with Crippen LogP contribution < -0.4 is 15.7 Å². The van der Waals surface area contributed by atoms with Gasteiger partial charge in [0.1, 0.15) is 12.2 Å². The molecular weight excluding hydrogens is 386 g/mol. The molecule has 3 rings (SSSR count). The lowest BCUT2D eigenvalue weighted by atomic mass is 10.2. The molecule has 1 aromatic heterocycles. The SMILES string of the molecule is O=C(Nc1ccccc1Cl)c1cccn(OCc2cccc([N+](=O)[O-])c2)c1=O. The van der Waals surface area contributed by atoms with Crippen molar-refractivity contribution in [2.75, 3.05) is 5.32 Å². The van der Waals surface area contributed by atoms with E-state index in [2.05, 4.69) is 5.32 Å². The normalized spacial score (nSPS) is 10.3. The maximum Gasteiger partial charge on any atom is 0.295 e. The topological polar surface area (TPSA) is 103 Å². The number of aromatic nitrogens is 1. The summed E-state index contributed by atoms with van der Waals surface area (Å²) in [5, 5.41) is 13.7. The van der Waals surface area contributed by atoms with E-state index >= 15 is 0 Å². The van der Waals surface area contributed by atoms with Crippen molar-refractivity contribution in [3.63, 3.8) is 0 Å². The van der Waals surface area contributed by atoms with Crippen LogP contribution in [0.3, 0.4) is 0 Å². The summed E-state index contributed by atoms with van der Waals surface area (Å²) in [5.41, 5.74) is -0.00577. The van der Waals surface area contributed by atoms with Crippen LogP contribution in [0.2, 0.25) is 5.02 Å². The van der Waals surface area contributed by atoms with E-state index in [-0.39, 0.29) is 17.9 Å². The molecular formula is C19H14ClN3O5. The van der Waals surface area contributed by atoms with Gasteiger partial charge in [0, 0.05) is 18.3 Å². The van der Waals surface area contributed by atoms with Gasteiger partial charge in [0.15, 0.2) is 0 Å². The molecule has 0 aliphatic carbocycles. The number of benzene rings is 2. The zero-order valence-corrected chi connectivity index (χ0v) is 15.1. The number of non-ortho nitro benzene ring substituents is 1. The number of nitrogens with one attached hydrogen (secondary N) is 1. The quantitative estimate of drug-likeness (QED) is 0.506. The van der Waals surface area contributed by atoms with Crippen LogP contribution in [0, 0.1) is 10.1 Å². The minimum Gasteiger partial charge on any atom is -0.406 e. The number of amides is 1. The molecule has 0 fully saturated rings. The maximum absolute atomic E-state index is 12.5. The van der Waals surface area contributed by atoms with Crippen LogP contribution in [-0.2, 0) is 6.61 Å². The molecule has 1 heterocycles. The first-order valence-electron chi connectivity index (χ1n) is 8.10. The van der Waals surface area contributed by atoms with E-state index in [9.17, 15) is 19.7 Å². The highest BCUT2D eigenvalue weighted by Gasteiger charge is 2.14. The van der Waals surface area contributed by atoms with Crippen LogP contribution in [-0.4, -0.2) is 15.6 Å². The highest BCUT2D eigenvalue weighted by Crippen LogP contribution is 2.20. The van der Waals surface area contributed by atoms with Gasteiger partial charge in [0.25, 0.3) is 17.2 Å². The number of halogens is 1. The van der Waals surface area contributed by atoms with Crippen molar-refractivity contribution >= 4 is 28.9 Å². The Morgan fingerprint density at radius 2 is 1.93 bits per heavy atom. The Bertz CT molecular complexity index is 1100. The fourth-order valence-electron chi connectivity index (χ4n) is 2.41. The number of rotatable bonds is 6. The summed E-state index contributed by atoms with van der Waals surface area (Å²) in [4.78, 5) is 40.6. The minimum absolute atomic E-state index is 0.0821. The Hall–Kier alpha value is -3.65. The molecule has 8 nitrogen and oxygen atoms in total. The van der Waals surface area contributed by atoms with Crippen molar-refractivity contribution in [3.8, 4) is 0 Å². The molecule has 28 heavy (non-hydrogen) atoms. The van der Waals surface area contributed by atoms with Crippen molar-refractivity contribution in [1.29, 1.82) is 0 Å². The third-order valence-corrected chi connectivity index (χ3v) is 4.10. The van der Waals surface area contributed by atoms with Crippen LogP contribution in [0.25, 0.3) is 0 Å². The number of nitro benzene ring substituents is 1. The standard InChI is InChI=1S/C19H14ClN3O5/c20-16-8-1-2-9-17(16)21-18(24)15-7-4-10-22(19(15)25)28-12-13-5-3-6-14(11-13)23(26)27/h1-11H,12H2,(H,21,24). The van der Waals surface area contributed by atoms with Crippen molar-refractivity contribution in [2.24, 2.45) is 0 Å². The molecule has 1 N–H and O–H groups in total. The van der Waals surface area contributed by atoms with E-state index in [0.717, 1.165) is 4.73 Å². The summed E-state index contributed by atoms with van der Waals surface area (Å²) in [6.07, 6.45) is 1.35. The molecule has 142 valence electrons. The van der Waals surface area contributed by atoms with E-state index in [0.29, 0.717) is 16.3 Å². The Labute approximate surface area is 164 Å². The molecule has 0 saturated heterocycles. The van der Waals surface area contributed by atoms with Crippen molar-refractivity contribution in [1.82, 2.24) is 4.73 Å². The van der Waals surface area contributed by atoms with Crippen LogP contribution in [0.1, 0.15) is 15.9 Å². The number of carbonyl (C=O) groups excluding carboxylic acids is 1. The summed E-state index contributed by atoms with van der Waals surface area (Å²) in [5.74, 6) is -0.633. The lowest BCUT2D eigenvalue weighted by Crippen LogP contribution is -2.32. The third-order valence-electron chi connectivity index (χ3n) is 3.77. The second-order valence-electron chi connectivity index (χ2n) is 5.69. The zero-order chi connectivity index (χ0) is 20.1. The molecule has 9 heteroatoms. The second-order valence-corrected chi connectivity index (χ2v) is 6.09. The first-order valence-corrected chi connectivity index (χ1v) is 8.47. The molecule has 1 amide bonds. The summed E-state index contributed by atoms with van der Waals surface area (Å²) < 4.78 is 0.903. The molecule has 0 unspecified atom stereocenters. The van der Waals surface area contributed by atoms with Crippen LogP contribution >= 0.6 is 11.6 Å². The number of hydrogen-bond donors (Lipinski definition) is 1. The number of nitrogens with zero attached hydrogens (tertiary/aromatic N) is 2. The van der Waals surface area contributed by atoms with E-state index in [1.54, 1.807) is 30.3 Å². The second kappa shape index (κ2) is 8.36. The number of pyridine rings is 1. The van der Waals surface area contributed by atoms with Gasteiger partial charge in [-0.05, 0) is 29.8 Å². The Morgan fingerprint density at radius 3 is 2.68 bits per heavy atom. The fourth-order valence-corrected chi connectivity index (χ4v) is 2.59. The zero-order valence-electron chi connectivity index (χ0n) is 14.4. The molecule has 0 aliphatic heterocycles. The van der Waals surface area contributed by atoms with Crippen molar-refractivity contribution < 1.29 is 14.6 Å². The highest BCUT2D eigenvalue weighted by molar-refractivity contribution is 6.33. The molecule has 0 atom stereocenters. The number of carbonyl (C=O) groups is 1. The number of anilines is 1. The van der Waals surface area contributed by atoms with Gasteiger partial charge in [0.05, 0.1) is 15.6 Å². The van der Waals surface area contributed by atoms with E-state index < -0.39 is 16.4 Å². The lowest BCUT2D eigenvalue weighted by Gasteiger charge is -2.10. The van der Waals surface area contributed by atoms with Crippen molar-refractivity contribution in [2.45, 2.75) is 6.61 Å². The van der Waals surface area contributed by atoms with Gasteiger partial charge in [0.2, 0.25) is 0 Å². The van der Waals surface area contributed by atoms with Crippen molar-refractivity contribution in [3.05, 3.63) is 103 Å². The van der Waals surface area contributed by atoms with Crippen LogP contribution in [0.4, 0.5) is 11.4 Å². The van der Waals surface area contributed by atoms with Crippen LogP contribution in [0.5, 0.6) is 0 Å². The van der Waals surface area contributed by atoms with E-state index in [4.69, 9.17) is 16.4 Å². The maximum atomic E-state index is 12.5. The lowest BCUT2D eigenvalue weighted by molar-refractivity contribution is -0.384. The van der Waals surface area contributed by atoms with E-state index in [1.165, 1.54) is 36.5 Å². The van der Waals surface area contributed by atoms with Gasteiger partial charge < -0.3 is 10.2 Å². The monoisotopic (exact) mass is 399 g/mol. The molecule has 0 radical (unpaired) electrons. The molecule has 0 aliphatic rings. The predicted molar refractivity (Wildman–Crippen MR) is 103 cm³/mol. The Balaban J connectivity index is 1.77. The number of nitro groups is 1. The smallest absolute Gasteiger partial charge is 0.295 e. The van der Waals surface area contributed by atoms with Gasteiger partial charge in [-0.1, -0.05) is 35.9 Å². The number of hydrogen-bond acceptors (Lipinski definition) is 5. The van der Waals surface area contributed by atoms with Gasteiger partial charge in [-0.2, -0.15) is 4.73 Å². The average molecular weight is 400 g/mol.